The minimum Gasteiger partial charge on any atom is -0.504 e. The fourth-order valence-electron chi connectivity index (χ4n) is 6.65. The fraction of sp³-hybridized carbons (Fsp3) is 0.650. The molecule has 1 aromatic carbocycles. The molecule has 1 aromatic rings. The zero-order valence-corrected chi connectivity index (χ0v) is 16.6. The maximum absolute atomic E-state index is 12.8. The Morgan fingerprint density at radius 2 is 2.15 bits per heavy atom. The van der Waals surface area contributed by atoms with Gasteiger partial charge in [0, 0.05) is 30.7 Å². The largest absolute Gasteiger partial charge is 0.504 e. The van der Waals surface area contributed by atoms with E-state index in [4.69, 9.17) is 8.67 Å². The molecule has 27 heavy (non-hydrogen) atoms. The summed E-state index contributed by atoms with van der Waals surface area (Å²) in [7, 11) is 0. The molecule has 2 saturated carbocycles. The Hall–Kier alpha value is -1.15. The minimum absolute atomic E-state index is 0.0313. The van der Waals surface area contributed by atoms with Crippen molar-refractivity contribution in [3.63, 3.8) is 0 Å². The number of hydrogen-bond donors (Lipinski definition) is 2. The zero-order valence-electron chi connectivity index (χ0n) is 15.0. The first-order valence-electron chi connectivity index (χ1n) is 9.89. The van der Waals surface area contributed by atoms with E-state index in [9.17, 15) is 15.0 Å². The highest BCUT2D eigenvalue weighted by molar-refractivity contribution is 9.05. The lowest BCUT2D eigenvalue weighted by Gasteiger charge is -2.62. The lowest BCUT2D eigenvalue weighted by molar-refractivity contribution is -1.10. The van der Waals surface area contributed by atoms with E-state index in [1.165, 1.54) is 12.8 Å². The van der Waals surface area contributed by atoms with Crippen LogP contribution in [0, 0.1) is 5.92 Å². The van der Waals surface area contributed by atoms with Crippen LogP contribution in [0.15, 0.2) is 12.1 Å². The maximum atomic E-state index is 12.8. The molecule has 5 aliphatic rings. The molecule has 1 unspecified atom stereocenters. The van der Waals surface area contributed by atoms with Crippen LogP contribution < -0.4 is 4.74 Å². The summed E-state index contributed by atoms with van der Waals surface area (Å²) in [5.41, 5.74) is 0.0830. The summed E-state index contributed by atoms with van der Waals surface area (Å²) in [6, 6.07) is 3.42. The molecule has 0 aromatic heterocycles. The van der Waals surface area contributed by atoms with Crippen LogP contribution >= 0.6 is 16.3 Å². The number of quaternary nitrogens is 1. The van der Waals surface area contributed by atoms with Gasteiger partial charge in [-0.3, -0.25) is 4.79 Å². The van der Waals surface area contributed by atoms with Crippen molar-refractivity contribution >= 4 is 22.0 Å². The number of halogens is 1. The number of aliphatic hydroxyl groups is 1. The summed E-state index contributed by atoms with van der Waals surface area (Å²) < 4.78 is 12.4. The Morgan fingerprint density at radius 3 is 2.89 bits per heavy atom. The van der Waals surface area contributed by atoms with Crippen molar-refractivity contribution in [1.29, 1.82) is 0 Å². The van der Waals surface area contributed by atoms with Gasteiger partial charge in [-0.2, -0.15) is 4.65 Å². The number of Topliss-reactive ketones (excluding diaryl/α,β-unsaturated/α-hetero) is 1. The summed E-state index contributed by atoms with van der Waals surface area (Å²) in [4.78, 5) is 12.8. The third-order valence-corrected chi connectivity index (χ3v) is 8.57. The molecule has 3 fully saturated rings. The van der Waals surface area contributed by atoms with Gasteiger partial charge < -0.3 is 14.9 Å². The molecule has 3 aliphatic carbocycles. The number of phenolic OH excluding ortho intramolecular Hbond substituents is 1. The molecule has 144 valence electrons. The summed E-state index contributed by atoms with van der Waals surface area (Å²) in [6.45, 7) is 1.60. The van der Waals surface area contributed by atoms with Crippen LogP contribution in [0.2, 0.25) is 0 Å². The Labute approximate surface area is 166 Å². The zero-order chi connectivity index (χ0) is 18.6. The van der Waals surface area contributed by atoms with Crippen LogP contribution in [0.25, 0.3) is 0 Å². The van der Waals surface area contributed by atoms with Gasteiger partial charge in [-0.25, -0.2) is 0 Å². The predicted octanol–water partition coefficient (Wildman–Crippen LogP) is 2.28. The second kappa shape index (κ2) is 5.06. The molecule has 1 saturated heterocycles. The van der Waals surface area contributed by atoms with Crippen LogP contribution in [-0.2, 0) is 20.6 Å². The molecule has 2 N–H and O–H groups in total. The Balaban J connectivity index is 1.60. The van der Waals surface area contributed by atoms with Crippen LogP contribution in [0.3, 0.4) is 0 Å². The molecule has 1 spiro atoms. The van der Waals surface area contributed by atoms with Crippen molar-refractivity contribution in [1.82, 2.24) is 0 Å². The van der Waals surface area contributed by atoms with Crippen LogP contribution in [0.5, 0.6) is 11.5 Å². The summed E-state index contributed by atoms with van der Waals surface area (Å²) >= 11 is 3.30. The molecule has 2 bridgehead atoms. The second-order valence-electron chi connectivity index (χ2n) is 9.15. The second-order valence-corrected chi connectivity index (χ2v) is 9.44. The van der Waals surface area contributed by atoms with Crippen LogP contribution in [0.4, 0.5) is 0 Å². The van der Waals surface area contributed by atoms with Crippen molar-refractivity contribution in [2.75, 3.05) is 13.1 Å². The Kier molecular flexibility index (Phi) is 3.14. The minimum atomic E-state index is -1.08. The molecule has 0 amide bonds. The lowest BCUT2D eigenvalue weighted by Crippen LogP contribution is -2.81. The van der Waals surface area contributed by atoms with Gasteiger partial charge in [0.1, 0.15) is 18.7 Å². The number of carbonyl (C=O) groups is 1. The van der Waals surface area contributed by atoms with Gasteiger partial charge >= 0.3 is 0 Å². The molecule has 5 atom stereocenters. The van der Waals surface area contributed by atoms with E-state index in [0.717, 1.165) is 24.2 Å². The monoisotopic (exact) mass is 436 g/mol. The quantitative estimate of drug-likeness (QED) is 0.710. The van der Waals surface area contributed by atoms with Crippen LogP contribution in [-0.4, -0.2) is 51.5 Å². The number of hydrogen-bond acceptors (Lipinski definition) is 5. The van der Waals surface area contributed by atoms with Gasteiger partial charge in [0.2, 0.25) is 0 Å². The average Bonchev–Trinajstić information content (AvgIpc) is 3.39. The molecule has 7 heteroatoms. The molecular formula is C20H23BrNO5+. The first-order valence-corrected chi connectivity index (χ1v) is 10.5. The number of benzene rings is 1. The number of carbonyl (C=O) groups excluding carboxylic acids is 1. The standard InChI is InChI=1S/C20H22BrNO5/c21-27-22(10-11-1-2-11)8-7-19-16-12-3-4-13(23)17(16)26-18(19)14(24)5-6-20(19,25)15(22)9-12/h3-4,11,15,18,25H,1-2,5-10H2/p+1/t15-,18+,19+,20-,22?/m1/s1. The number of hydroxylamine groups is 3. The molecule has 6 rings (SSSR count). The Morgan fingerprint density at radius 1 is 1.33 bits per heavy atom. The SMILES string of the molecule is O=C1CC[C@@]2(O)[C@H]3Cc4ccc(O)c5c4[C@@]2(CC[N+]3(CC2CC2)OBr)[C@H]1O5. The van der Waals surface area contributed by atoms with Gasteiger partial charge in [0.25, 0.3) is 0 Å². The number of ketones is 1. The third-order valence-electron chi connectivity index (χ3n) is 7.99. The van der Waals surface area contributed by atoms with E-state index in [-0.39, 0.29) is 17.6 Å². The van der Waals surface area contributed by atoms with E-state index in [2.05, 4.69) is 16.3 Å². The van der Waals surface area contributed by atoms with Crippen molar-refractivity contribution in [2.24, 2.45) is 5.92 Å². The van der Waals surface area contributed by atoms with Crippen LogP contribution in [0.1, 0.15) is 43.2 Å². The molecular weight excluding hydrogens is 414 g/mol. The van der Waals surface area contributed by atoms with Gasteiger partial charge in [-0.05, 0) is 30.9 Å². The van der Waals surface area contributed by atoms with E-state index >= 15 is 0 Å². The molecule has 0 radical (unpaired) electrons. The number of nitrogens with zero attached hydrogens (tertiary/aromatic N) is 1. The summed E-state index contributed by atoms with van der Waals surface area (Å²) in [5.74, 6) is 1.14. The first kappa shape index (κ1) is 16.8. The lowest BCUT2D eigenvalue weighted by atomic mass is 9.49. The van der Waals surface area contributed by atoms with Crippen molar-refractivity contribution in [3.8, 4) is 11.5 Å². The number of piperidine rings is 1. The van der Waals surface area contributed by atoms with E-state index in [0.29, 0.717) is 42.0 Å². The number of aromatic hydroxyl groups is 1. The molecule has 2 heterocycles. The maximum Gasteiger partial charge on any atom is 0.175 e. The van der Waals surface area contributed by atoms with Gasteiger partial charge in [-0.15, -0.1) is 3.93 Å². The molecule has 6 nitrogen and oxygen atoms in total. The highest BCUT2D eigenvalue weighted by Gasteiger charge is 2.78. The number of phenols is 1. The average molecular weight is 437 g/mol. The number of ether oxygens (including phenoxy) is 1. The predicted molar refractivity (Wildman–Crippen MR) is 98.2 cm³/mol. The van der Waals surface area contributed by atoms with Gasteiger partial charge in [0.05, 0.1) is 5.41 Å². The van der Waals surface area contributed by atoms with Crippen molar-refractivity contribution < 1.29 is 28.3 Å². The third kappa shape index (κ3) is 1.80. The molecule has 2 aliphatic heterocycles. The number of likely N-dealkylation sites (tertiary alicyclic amines) is 1. The van der Waals surface area contributed by atoms with E-state index < -0.39 is 17.1 Å². The summed E-state index contributed by atoms with van der Waals surface area (Å²) in [5, 5.41) is 22.6. The number of rotatable bonds is 3. The fourth-order valence-corrected chi connectivity index (χ4v) is 7.11. The highest BCUT2D eigenvalue weighted by Crippen LogP contribution is 2.66. The topological polar surface area (TPSA) is 76.0 Å². The smallest absolute Gasteiger partial charge is 0.175 e. The normalized spacial score (nSPS) is 44.0. The van der Waals surface area contributed by atoms with Crippen molar-refractivity contribution in [2.45, 2.75) is 61.7 Å². The van der Waals surface area contributed by atoms with Gasteiger partial charge in [-0.1, -0.05) is 6.07 Å². The summed E-state index contributed by atoms with van der Waals surface area (Å²) in [6.07, 6.45) is 3.71. The first-order chi connectivity index (χ1) is 13.0. The Bertz CT molecular complexity index is 872. The highest BCUT2D eigenvalue weighted by atomic mass is 79.9. The van der Waals surface area contributed by atoms with Gasteiger partial charge in [0.15, 0.2) is 45.7 Å². The van der Waals surface area contributed by atoms with E-state index in [1.807, 2.05) is 6.07 Å². The van der Waals surface area contributed by atoms with E-state index in [1.54, 1.807) is 6.07 Å². The van der Waals surface area contributed by atoms with Crippen molar-refractivity contribution in [3.05, 3.63) is 23.3 Å².